The molecule has 1 aliphatic carbocycles. The lowest BCUT2D eigenvalue weighted by Gasteiger charge is -2.37. The Morgan fingerprint density at radius 2 is 2.20 bits per heavy atom. The lowest BCUT2D eigenvalue weighted by atomic mass is 9.74. The smallest absolute Gasteiger partial charge is 0.229 e. The summed E-state index contributed by atoms with van der Waals surface area (Å²) < 4.78 is 0. The van der Waals surface area contributed by atoms with E-state index in [-0.39, 0.29) is 29.8 Å². The number of amides is 1. The van der Waals surface area contributed by atoms with Crippen LogP contribution in [-0.2, 0) is 11.2 Å². The third kappa shape index (κ3) is 3.97. The number of hydrogen-bond acceptors (Lipinski definition) is 2. The first-order chi connectivity index (χ1) is 9.03. The first-order valence-electron chi connectivity index (χ1n) is 7.21. The normalized spacial score (nSPS) is 25.6. The zero-order valence-electron chi connectivity index (χ0n) is 12.3. The number of halogens is 1. The predicted molar refractivity (Wildman–Crippen MR) is 86.2 cm³/mol. The minimum atomic E-state index is -0.370. The highest BCUT2D eigenvalue weighted by Gasteiger charge is 2.37. The molecule has 0 aromatic heterocycles. The van der Waals surface area contributed by atoms with Gasteiger partial charge in [-0.2, -0.15) is 0 Å². The number of aryl methyl sites for hydroxylation is 1. The fraction of sp³-hybridized carbons (Fsp3) is 0.562. The van der Waals surface area contributed by atoms with Gasteiger partial charge in [0.1, 0.15) is 0 Å². The number of nitrogens with two attached hydrogens (primary N) is 1. The lowest BCUT2D eigenvalue weighted by Crippen LogP contribution is -2.51. The molecule has 1 saturated carbocycles. The second-order valence-corrected chi connectivity index (χ2v) is 5.85. The van der Waals surface area contributed by atoms with Crippen LogP contribution in [0.3, 0.4) is 0 Å². The van der Waals surface area contributed by atoms with Gasteiger partial charge in [-0.15, -0.1) is 12.4 Å². The number of hydrogen-bond donors (Lipinski definition) is 2. The van der Waals surface area contributed by atoms with Crippen LogP contribution >= 0.6 is 12.4 Å². The summed E-state index contributed by atoms with van der Waals surface area (Å²) in [4.78, 5) is 12.4. The Morgan fingerprint density at radius 1 is 1.45 bits per heavy atom. The number of benzene rings is 1. The van der Waals surface area contributed by atoms with Crippen LogP contribution in [0.2, 0.25) is 0 Å². The Labute approximate surface area is 127 Å². The maximum Gasteiger partial charge on any atom is 0.229 e. The number of nitrogens with one attached hydrogen (secondary N) is 1. The van der Waals surface area contributed by atoms with E-state index in [9.17, 15) is 4.79 Å². The Balaban J connectivity index is 0.00000200. The van der Waals surface area contributed by atoms with Crippen LogP contribution in [0.4, 0.5) is 5.69 Å². The summed E-state index contributed by atoms with van der Waals surface area (Å²) in [6, 6.07) is 8.03. The van der Waals surface area contributed by atoms with Crippen LogP contribution in [-0.4, -0.2) is 11.4 Å². The summed E-state index contributed by atoms with van der Waals surface area (Å²) in [5, 5.41) is 3.02. The van der Waals surface area contributed by atoms with Crippen molar-refractivity contribution in [2.45, 2.75) is 51.5 Å². The molecule has 0 heterocycles. The van der Waals surface area contributed by atoms with E-state index in [1.54, 1.807) is 0 Å². The monoisotopic (exact) mass is 296 g/mol. The largest absolute Gasteiger partial charge is 0.326 e. The molecule has 2 atom stereocenters. The van der Waals surface area contributed by atoms with Crippen LogP contribution in [0.15, 0.2) is 24.3 Å². The fourth-order valence-electron chi connectivity index (χ4n) is 2.89. The predicted octanol–water partition coefficient (Wildman–Crippen LogP) is 3.52. The summed E-state index contributed by atoms with van der Waals surface area (Å²) in [5.41, 5.74) is 8.02. The van der Waals surface area contributed by atoms with Crippen molar-refractivity contribution in [1.82, 2.24) is 0 Å². The van der Waals surface area contributed by atoms with Gasteiger partial charge in [-0.05, 0) is 43.9 Å². The van der Waals surface area contributed by atoms with Crippen molar-refractivity contribution in [1.29, 1.82) is 0 Å². The third-order valence-corrected chi connectivity index (χ3v) is 4.17. The van der Waals surface area contributed by atoms with Crippen molar-refractivity contribution in [2.24, 2.45) is 11.7 Å². The minimum Gasteiger partial charge on any atom is -0.326 e. The molecule has 1 aromatic carbocycles. The van der Waals surface area contributed by atoms with Gasteiger partial charge >= 0.3 is 0 Å². The zero-order chi connectivity index (χ0) is 13.9. The van der Waals surface area contributed by atoms with E-state index in [0.29, 0.717) is 0 Å². The molecule has 1 fully saturated rings. The number of carbonyl (C=O) groups excluding carboxylic acids is 1. The first-order valence-corrected chi connectivity index (χ1v) is 7.21. The van der Waals surface area contributed by atoms with Crippen molar-refractivity contribution in [3.63, 3.8) is 0 Å². The highest BCUT2D eigenvalue weighted by Crippen LogP contribution is 2.32. The van der Waals surface area contributed by atoms with Gasteiger partial charge in [0.25, 0.3) is 0 Å². The third-order valence-electron chi connectivity index (χ3n) is 4.17. The van der Waals surface area contributed by atoms with E-state index in [0.717, 1.165) is 37.8 Å². The Hall–Kier alpha value is -1.06. The van der Waals surface area contributed by atoms with Crippen LogP contribution in [0.1, 0.15) is 45.1 Å². The molecule has 0 bridgehead atoms. The van der Waals surface area contributed by atoms with Gasteiger partial charge in [-0.1, -0.05) is 31.9 Å². The molecule has 2 rings (SSSR count). The molecular weight excluding hydrogens is 272 g/mol. The van der Waals surface area contributed by atoms with Crippen molar-refractivity contribution in [2.75, 3.05) is 5.32 Å². The van der Waals surface area contributed by atoms with E-state index < -0.39 is 0 Å². The van der Waals surface area contributed by atoms with Gasteiger partial charge in [0, 0.05) is 11.2 Å². The Morgan fingerprint density at radius 3 is 2.85 bits per heavy atom. The maximum atomic E-state index is 12.4. The van der Waals surface area contributed by atoms with Crippen LogP contribution in [0, 0.1) is 5.92 Å². The van der Waals surface area contributed by atoms with Crippen LogP contribution in [0.25, 0.3) is 0 Å². The quantitative estimate of drug-likeness (QED) is 0.897. The SMILES string of the molecule is CCc1cccc(NC(=O)C2CCCCC2(C)N)c1.Cl. The summed E-state index contributed by atoms with van der Waals surface area (Å²) in [6.45, 7) is 4.11. The van der Waals surface area contributed by atoms with Crippen LogP contribution in [0.5, 0.6) is 0 Å². The molecule has 3 nitrogen and oxygen atoms in total. The minimum absolute atomic E-state index is 0. The molecule has 3 N–H and O–H groups in total. The Bertz CT molecular complexity index is 460. The van der Waals surface area contributed by atoms with E-state index in [2.05, 4.69) is 18.3 Å². The topological polar surface area (TPSA) is 55.1 Å². The summed E-state index contributed by atoms with van der Waals surface area (Å²) in [7, 11) is 0. The molecule has 0 saturated heterocycles. The fourth-order valence-corrected chi connectivity index (χ4v) is 2.89. The summed E-state index contributed by atoms with van der Waals surface area (Å²) in [6.07, 6.45) is 5.02. The Kier molecular flexibility index (Phi) is 6.03. The molecule has 4 heteroatoms. The second kappa shape index (κ2) is 7.09. The molecule has 112 valence electrons. The first kappa shape index (κ1) is 17.0. The van der Waals surface area contributed by atoms with Crippen molar-refractivity contribution >= 4 is 24.0 Å². The van der Waals surface area contributed by atoms with Crippen LogP contribution < -0.4 is 11.1 Å². The molecule has 2 unspecified atom stereocenters. The number of anilines is 1. The highest BCUT2D eigenvalue weighted by atomic mass is 35.5. The number of carbonyl (C=O) groups is 1. The van der Waals surface area contributed by atoms with E-state index in [1.165, 1.54) is 5.56 Å². The van der Waals surface area contributed by atoms with E-state index >= 15 is 0 Å². The van der Waals surface area contributed by atoms with Gasteiger partial charge in [-0.3, -0.25) is 4.79 Å². The molecular formula is C16H25ClN2O. The lowest BCUT2D eigenvalue weighted by molar-refractivity contribution is -0.122. The van der Waals surface area contributed by atoms with Crippen molar-refractivity contribution < 1.29 is 4.79 Å². The van der Waals surface area contributed by atoms with Gasteiger partial charge in [-0.25, -0.2) is 0 Å². The van der Waals surface area contributed by atoms with Gasteiger partial charge in [0.2, 0.25) is 5.91 Å². The molecule has 1 aromatic rings. The molecule has 0 radical (unpaired) electrons. The van der Waals surface area contributed by atoms with Crippen molar-refractivity contribution in [3.8, 4) is 0 Å². The van der Waals surface area contributed by atoms with E-state index in [4.69, 9.17) is 5.73 Å². The molecule has 1 amide bonds. The molecule has 0 aliphatic heterocycles. The molecule has 1 aliphatic rings. The van der Waals surface area contributed by atoms with E-state index in [1.807, 2.05) is 25.1 Å². The van der Waals surface area contributed by atoms with Crippen molar-refractivity contribution in [3.05, 3.63) is 29.8 Å². The van der Waals surface area contributed by atoms with Gasteiger partial charge in [0.15, 0.2) is 0 Å². The molecule has 20 heavy (non-hydrogen) atoms. The molecule has 0 spiro atoms. The standard InChI is InChI=1S/C16H24N2O.ClH/c1-3-12-7-6-8-13(11-12)18-15(19)14-9-4-5-10-16(14,2)17;/h6-8,11,14H,3-5,9-10,17H2,1-2H3,(H,18,19);1H. The maximum absolute atomic E-state index is 12.4. The number of rotatable bonds is 3. The average molecular weight is 297 g/mol. The average Bonchev–Trinajstić information content (AvgIpc) is 2.38. The summed E-state index contributed by atoms with van der Waals surface area (Å²) in [5.74, 6) is -0.00974. The second-order valence-electron chi connectivity index (χ2n) is 5.85. The van der Waals surface area contributed by atoms with Gasteiger partial charge < -0.3 is 11.1 Å². The highest BCUT2D eigenvalue weighted by molar-refractivity contribution is 5.93. The zero-order valence-corrected chi connectivity index (χ0v) is 13.1. The van der Waals surface area contributed by atoms with Gasteiger partial charge in [0.05, 0.1) is 5.92 Å². The summed E-state index contributed by atoms with van der Waals surface area (Å²) >= 11 is 0.